The molecule has 0 radical (unpaired) electrons. The lowest BCUT2D eigenvalue weighted by molar-refractivity contribution is 0.116. The molecule has 3 heteroatoms. The molecule has 1 aliphatic rings. The normalized spacial score (nSPS) is 19.1. The van der Waals surface area contributed by atoms with Crippen molar-refractivity contribution in [1.29, 1.82) is 0 Å². The highest BCUT2D eigenvalue weighted by atomic mass is 35.5. The fourth-order valence-corrected chi connectivity index (χ4v) is 3.82. The molecule has 1 atom stereocenters. The van der Waals surface area contributed by atoms with Crippen molar-refractivity contribution < 1.29 is 9.84 Å². The summed E-state index contributed by atoms with van der Waals surface area (Å²) >= 11 is 5.93. The van der Waals surface area contributed by atoms with E-state index in [-0.39, 0.29) is 23.5 Å². The van der Waals surface area contributed by atoms with Gasteiger partial charge in [-0.1, -0.05) is 57.5 Å². The van der Waals surface area contributed by atoms with Gasteiger partial charge in [-0.05, 0) is 64.6 Å². The second kappa shape index (κ2) is 6.66. The van der Waals surface area contributed by atoms with Crippen molar-refractivity contribution in [3.05, 3.63) is 64.2 Å². The maximum atomic E-state index is 9.88. The molecule has 1 N–H and O–H groups in total. The summed E-state index contributed by atoms with van der Waals surface area (Å²) in [5.41, 5.74) is 4.13. The SMILES string of the molecule is CC1(C)CCC(C)(C)c2cc(C(CO)Oc3ccc(Cl)cc3)ccc21. The Hall–Kier alpha value is -1.51. The first-order valence-electron chi connectivity index (χ1n) is 8.91. The van der Waals surface area contributed by atoms with Crippen molar-refractivity contribution >= 4 is 11.6 Å². The number of hydrogen-bond acceptors (Lipinski definition) is 2. The molecule has 1 aliphatic carbocycles. The van der Waals surface area contributed by atoms with Gasteiger partial charge in [0.1, 0.15) is 11.9 Å². The van der Waals surface area contributed by atoms with Crippen LogP contribution in [0.4, 0.5) is 0 Å². The summed E-state index contributed by atoms with van der Waals surface area (Å²) in [6, 6.07) is 13.8. The number of benzene rings is 2. The molecule has 0 fully saturated rings. The van der Waals surface area contributed by atoms with Crippen molar-refractivity contribution in [2.45, 2.75) is 57.5 Å². The lowest BCUT2D eigenvalue weighted by Crippen LogP contribution is -2.34. The Kier molecular flexibility index (Phi) is 4.87. The van der Waals surface area contributed by atoms with E-state index >= 15 is 0 Å². The number of aliphatic hydroxyl groups is 1. The van der Waals surface area contributed by atoms with Crippen molar-refractivity contribution in [3.63, 3.8) is 0 Å². The lowest BCUT2D eigenvalue weighted by Gasteiger charge is -2.42. The first-order valence-corrected chi connectivity index (χ1v) is 9.29. The van der Waals surface area contributed by atoms with Gasteiger partial charge in [-0.15, -0.1) is 0 Å². The zero-order valence-corrected chi connectivity index (χ0v) is 16.2. The van der Waals surface area contributed by atoms with Crippen LogP contribution in [0.15, 0.2) is 42.5 Å². The first-order chi connectivity index (χ1) is 11.7. The molecular weight excluding hydrogens is 332 g/mol. The number of aliphatic hydroxyl groups excluding tert-OH is 1. The van der Waals surface area contributed by atoms with Gasteiger partial charge in [-0.3, -0.25) is 0 Å². The Morgan fingerprint density at radius 2 is 1.56 bits per heavy atom. The molecule has 1 unspecified atom stereocenters. The average molecular weight is 359 g/mol. The summed E-state index contributed by atoms with van der Waals surface area (Å²) < 4.78 is 6.01. The maximum Gasteiger partial charge on any atom is 0.147 e. The van der Waals surface area contributed by atoms with E-state index in [1.165, 1.54) is 17.5 Å². The molecule has 0 aliphatic heterocycles. The molecule has 2 aromatic carbocycles. The Balaban J connectivity index is 1.95. The Morgan fingerprint density at radius 1 is 0.960 bits per heavy atom. The monoisotopic (exact) mass is 358 g/mol. The van der Waals surface area contributed by atoms with Crippen LogP contribution in [-0.2, 0) is 10.8 Å². The third-order valence-corrected chi connectivity index (χ3v) is 5.76. The fraction of sp³-hybridized carbons (Fsp3) is 0.455. The van der Waals surface area contributed by atoms with E-state index in [2.05, 4.69) is 45.9 Å². The number of hydrogen-bond donors (Lipinski definition) is 1. The van der Waals surface area contributed by atoms with Gasteiger partial charge in [0.25, 0.3) is 0 Å². The Morgan fingerprint density at radius 3 is 2.16 bits per heavy atom. The highest BCUT2D eigenvalue weighted by Gasteiger charge is 2.37. The van der Waals surface area contributed by atoms with Crippen LogP contribution in [0.1, 0.15) is 63.3 Å². The van der Waals surface area contributed by atoms with E-state index in [1.807, 2.05) is 12.1 Å². The fourth-order valence-electron chi connectivity index (χ4n) is 3.69. The molecule has 0 bridgehead atoms. The van der Waals surface area contributed by atoms with Gasteiger partial charge in [0, 0.05) is 5.02 Å². The van der Waals surface area contributed by atoms with E-state index in [4.69, 9.17) is 16.3 Å². The molecular formula is C22H27ClO2. The minimum Gasteiger partial charge on any atom is -0.483 e. The van der Waals surface area contributed by atoms with Crippen molar-refractivity contribution in [3.8, 4) is 5.75 Å². The number of fused-ring (bicyclic) bond motifs is 1. The molecule has 0 heterocycles. The molecule has 0 spiro atoms. The van der Waals surface area contributed by atoms with Crippen molar-refractivity contribution in [1.82, 2.24) is 0 Å². The smallest absolute Gasteiger partial charge is 0.147 e. The minimum atomic E-state index is -0.382. The topological polar surface area (TPSA) is 29.5 Å². The summed E-state index contributed by atoms with van der Waals surface area (Å²) in [5.74, 6) is 0.709. The highest BCUT2D eigenvalue weighted by Crippen LogP contribution is 2.46. The summed E-state index contributed by atoms with van der Waals surface area (Å²) in [7, 11) is 0. The molecule has 25 heavy (non-hydrogen) atoms. The largest absolute Gasteiger partial charge is 0.483 e. The summed E-state index contributed by atoms with van der Waals surface area (Å²) in [6.45, 7) is 9.17. The third kappa shape index (κ3) is 3.70. The number of rotatable bonds is 4. The second-order valence-electron chi connectivity index (χ2n) is 8.32. The quantitative estimate of drug-likeness (QED) is 0.748. The van der Waals surface area contributed by atoms with Crippen LogP contribution < -0.4 is 4.74 Å². The van der Waals surface area contributed by atoms with Gasteiger partial charge in [0.2, 0.25) is 0 Å². The summed E-state index contributed by atoms with van der Waals surface area (Å²) in [5, 5.41) is 10.6. The van der Waals surface area contributed by atoms with Crippen LogP contribution in [0.5, 0.6) is 5.75 Å². The van der Waals surface area contributed by atoms with Crippen LogP contribution in [0.2, 0.25) is 5.02 Å². The molecule has 0 amide bonds. The first kappa shape index (κ1) is 18.3. The molecule has 0 saturated carbocycles. The maximum absolute atomic E-state index is 9.88. The van der Waals surface area contributed by atoms with E-state index in [0.717, 1.165) is 12.0 Å². The molecule has 2 nitrogen and oxygen atoms in total. The Bertz CT molecular complexity index is 747. The van der Waals surface area contributed by atoms with E-state index in [9.17, 15) is 5.11 Å². The third-order valence-electron chi connectivity index (χ3n) is 5.51. The standard InChI is InChI=1S/C22H27ClO2/c1-21(2)11-12-22(3,4)19-13-15(5-10-18(19)21)20(14-24)25-17-8-6-16(23)7-9-17/h5-10,13,20,24H,11-12,14H2,1-4H3. The minimum absolute atomic E-state index is 0.0643. The lowest BCUT2D eigenvalue weighted by atomic mass is 9.63. The predicted octanol–water partition coefficient (Wildman–Crippen LogP) is 5.80. The highest BCUT2D eigenvalue weighted by molar-refractivity contribution is 6.30. The predicted molar refractivity (Wildman–Crippen MR) is 104 cm³/mol. The van der Waals surface area contributed by atoms with Gasteiger partial charge in [-0.2, -0.15) is 0 Å². The van der Waals surface area contributed by atoms with Gasteiger partial charge in [-0.25, -0.2) is 0 Å². The zero-order chi connectivity index (χ0) is 18.2. The van der Waals surface area contributed by atoms with Crippen molar-refractivity contribution in [2.24, 2.45) is 0 Å². The van der Waals surface area contributed by atoms with Gasteiger partial charge >= 0.3 is 0 Å². The summed E-state index contributed by atoms with van der Waals surface area (Å²) in [6.07, 6.45) is 1.97. The van der Waals surface area contributed by atoms with E-state index in [1.54, 1.807) is 12.1 Å². The van der Waals surface area contributed by atoms with Gasteiger partial charge < -0.3 is 9.84 Å². The zero-order valence-electron chi connectivity index (χ0n) is 15.5. The van der Waals surface area contributed by atoms with Gasteiger partial charge in [0.05, 0.1) is 6.61 Å². The second-order valence-corrected chi connectivity index (χ2v) is 8.75. The number of halogens is 1. The van der Waals surface area contributed by atoms with Crippen LogP contribution in [0, 0.1) is 0 Å². The molecule has 3 rings (SSSR count). The Labute approximate surface area is 155 Å². The van der Waals surface area contributed by atoms with Crippen LogP contribution in [-0.4, -0.2) is 11.7 Å². The summed E-state index contributed by atoms with van der Waals surface area (Å²) in [4.78, 5) is 0. The van der Waals surface area contributed by atoms with E-state index < -0.39 is 0 Å². The van der Waals surface area contributed by atoms with Crippen LogP contribution >= 0.6 is 11.6 Å². The van der Waals surface area contributed by atoms with Crippen LogP contribution in [0.3, 0.4) is 0 Å². The van der Waals surface area contributed by atoms with Gasteiger partial charge in [0.15, 0.2) is 0 Å². The molecule has 134 valence electrons. The average Bonchev–Trinajstić information content (AvgIpc) is 2.58. The van der Waals surface area contributed by atoms with E-state index in [0.29, 0.717) is 10.8 Å². The molecule has 0 saturated heterocycles. The molecule has 2 aromatic rings. The van der Waals surface area contributed by atoms with Crippen LogP contribution in [0.25, 0.3) is 0 Å². The van der Waals surface area contributed by atoms with Crippen molar-refractivity contribution in [2.75, 3.05) is 6.61 Å². The number of ether oxygens (including phenoxy) is 1. The molecule has 0 aromatic heterocycles.